The minimum atomic E-state index is 0.0456. The largest absolute Gasteiger partial charge is 0.455 e. The van der Waals surface area contributed by atoms with E-state index >= 15 is 0 Å². The minimum absolute atomic E-state index is 0.0456. The van der Waals surface area contributed by atoms with Gasteiger partial charge in [-0.05, 0) is 173 Å². The van der Waals surface area contributed by atoms with E-state index in [1.165, 1.54) is 99.7 Å². The molecular formula is C67H57BNO2. The van der Waals surface area contributed by atoms with Crippen molar-refractivity contribution in [3.05, 3.63) is 178 Å². The molecule has 15 rings (SSSR count). The average molecular weight is 919 g/mol. The van der Waals surface area contributed by atoms with Gasteiger partial charge in [-0.2, -0.15) is 0 Å². The third-order valence-corrected chi connectivity index (χ3v) is 18.3. The van der Waals surface area contributed by atoms with Gasteiger partial charge < -0.3 is 14.2 Å². The molecule has 4 heteroatoms. The number of anilines is 2. The Morgan fingerprint density at radius 3 is 1.65 bits per heavy atom. The molecule has 1 atom stereocenters. The van der Waals surface area contributed by atoms with Crippen LogP contribution >= 0.6 is 0 Å². The van der Waals surface area contributed by atoms with Crippen LogP contribution in [0.25, 0.3) is 87.7 Å². The van der Waals surface area contributed by atoms with Crippen molar-refractivity contribution >= 4 is 95.0 Å². The number of hydrogen-bond donors (Lipinski definition) is 1. The quantitative estimate of drug-likeness (QED) is 0.180. The van der Waals surface area contributed by atoms with Crippen molar-refractivity contribution < 1.29 is 8.83 Å². The van der Waals surface area contributed by atoms with Crippen molar-refractivity contribution in [2.75, 3.05) is 5.32 Å². The fourth-order valence-electron chi connectivity index (χ4n) is 14.1. The lowest BCUT2D eigenvalue weighted by Gasteiger charge is -2.41. The molecule has 3 heterocycles. The highest BCUT2D eigenvalue weighted by Gasteiger charge is 2.42. The fourth-order valence-corrected chi connectivity index (χ4v) is 14.1. The first-order valence-corrected chi connectivity index (χ1v) is 26.0. The molecule has 3 nitrogen and oxygen atoms in total. The average Bonchev–Trinajstić information content (AvgIpc) is 4.04. The smallest absolute Gasteiger partial charge is 0.193 e. The summed E-state index contributed by atoms with van der Waals surface area (Å²) in [4.78, 5) is 0. The molecule has 3 aliphatic carbocycles. The van der Waals surface area contributed by atoms with Gasteiger partial charge in [0, 0.05) is 33.0 Å². The molecule has 1 radical (unpaired) electrons. The van der Waals surface area contributed by atoms with E-state index in [2.05, 4.69) is 208 Å². The Labute approximate surface area is 416 Å². The first-order chi connectivity index (χ1) is 34.1. The van der Waals surface area contributed by atoms with Crippen LogP contribution < -0.4 is 16.2 Å². The second-order valence-electron chi connectivity index (χ2n) is 24.3. The summed E-state index contributed by atoms with van der Waals surface area (Å²) in [6.45, 7) is 19.2. The maximum Gasteiger partial charge on any atom is 0.193 e. The molecular weight excluding hydrogens is 862 g/mol. The van der Waals surface area contributed by atoms with Crippen LogP contribution in [0.5, 0.6) is 0 Å². The normalized spacial score (nSPS) is 18.6. The summed E-state index contributed by atoms with van der Waals surface area (Å²) in [5.74, 6) is 0.0553. The molecule has 0 bridgehead atoms. The van der Waals surface area contributed by atoms with Crippen LogP contribution in [0, 0.1) is 0 Å². The van der Waals surface area contributed by atoms with Gasteiger partial charge in [0.2, 0.25) is 0 Å². The Kier molecular flexibility index (Phi) is 8.16. The Morgan fingerprint density at radius 1 is 0.423 bits per heavy atom. The molecule has 1 unspecified atom stereocenters. The fraction of sp³-hybridized carbons (Fsp3) is 0.254. The van der Waals surface area contributed by atoms with E-state index in [1.54, 1.807) is 0 Å². The van der Waals surface area contributed by atoms with E-state index < -0.39 is 0 Å². The molecule has 0 fully saturated rings. The van der Waals surface area contributed by atoms with Crippen molar-refractivity contribution in [3.8, 4) is 22.3 Å². The first kappa shape index (κ1) is 41.7. The molecule has 1 aliphatic heterocycles. The van der Waals surface area contributed by atoms with Gasteiger partial charge in [0.1, 0.15) is 16.7 Å². The van der Waals surface area contributed by atoms with Gasteiger partial charge in [0.25, 0.3) is 0 Å². The van der Waals surface area contributed by atoms with E-state index in [9.17, 15) is 0 Å². The van der Waals surface area contributed by atoms with Gasteiger partial charge in [0.05, 0.1) is 11.4 Å². The van der Waals surface area contributed by atoms with Crippen molar-refractivity contribution in [2.45, 2.75) is 109 Å². The number of hydrogen-bond acceptors (Lipinski definition) is 3. The summed E-state index contributed by atoms with van der Waals surface area (Å²) in [7, 11) is 2.49. The van der Waals surface area contributed by atoms with E-state index in [4.69, 9.17) is 8.83 Å². The van der Waals surface area contributed by atoms with E-state index in [0.717, 1.165) is 74.9 Å². The van der Waals surface area contributed by atoms with Crippen LogP contribution in [0.3, 0.4) is 0 Å². The molecule has 9 aromatic carbocycles. The van der Waals surface area contributed by atoms with Crippen LogP contribution in [0.4, 0.5) is 11.4 Å². The van der Waals surface area contributed by atoms with Crippen LogP contribution in [-0.2, 0) is 21.7 Å². The minimum Gasteiger partial charge on any atom is -0.455 e. The summed E-state index contributed by atoms with van der Waals surface area (Å²) in [6.07, 6.45) is 4.62. The van der Waals surface area contributed by atoms with E-state index in [1.807, 2.05) is 0 Å². The van der Waals surface area contributed by atoms with Gasteiger partial charge in [-0.1, -0.05) is 157 Å². The Bertz CT molecular complexity index is 4190. The molecule has 2 aromatic heterocycles. The lowest BCUT2D eigenvalue weighted by molar-refractivity contribution is 0.332. The van der Waals surface area contributed by atoms with Gasteiger partial charge in [0.15, 0.2) is 12.9 Å². The first-order valence-electron chi connectivity index (χ1n) is 26.0. The third kappa shape index (κ3) is 5.68. The zero-order valence-electron chi connectivity index (χ0n) is 42.1. The molecule has 11 aromatic rings. The molecule has 0 spiro atoms. The Morgan fingerprint density at radius 2 is 0.972 bits per heavy atom. The Balaban J connectivity index is 1.02. The maximum absolute atomic E-state index is 7.45. The number of nitrogens with one attached hydrogen (secondary N) is 1. The van der Waals surface area contributed by atoms with Crippen LogP contribution in [0.2, 0.25) is 0 Å². The predicted octanol–water partition coefficient (Wildman–Crippen LogP) is 17.0. The van der Waals surface area contributed by atoms with Crippen molar-refractivity contribution in [2.24, 2.45) is 0 Å². The topological polar surface area (TPSA) is 38.3 Å². The van der Waals surface area contributed by atoms with Crippen LogP contribution in [0.15, 0.2) is 148 Å². The summed E-state index contributed by atoms with van der Waals surface area (Å²) in [6, 6.07) is 53.0. The monoisotopic (exact) mass is 918 g/mol. The third-order valence-electron chi connectivity index (χ3n) is 18.3. The van der Waals surface area contributed by atoms with Gasteiger partial charge >= 0.3 is 0 Å². The van der Waals surface area contributed by atoms with Crippen LogP contribution in [-0.4, -0.2) is 7.28 Å². The zero-order valence-corrected chi connectivity index (χ0v) is 42.1. The lowest BCUT2D eigenvalue weighted by atomic mass is 9.52. The number of fused-ring (bicyclic) bond motifs is 17. The zero-order chi connectivity index (χ0) is 48.1. The molecule has 0 saturated heterocycles. The molecule has 345 valence electrons. The van der Waals surface area contributed by atoms with Crippen molar-refractivity contribution in [1.82, 2.24) is 0 Å². The van der Waals surface area contributed by atoms with Crippen LogP contribution in [0.1, 0.15) is 126 Å². The van der Waals surface area contributed by atoms with Gasteiger partial charge in [-0.25, -0.2) is 0 Å². The highest BCUT2D eigenvalue weighted by molar-refractivity contribution is 6.71. The second-order valence-corrected chi connectivity index (χ2v) is 24.3. The predicted molar refractivity (Wildman–Crippen MR) is 300 cm³/mol. The van der Waals surface area contributed by atoms with Gasteiger partial charge in [-0.15, -0.1) is 0 Å². The summed E-state index contributed by atoms with van der Waals surface area (Å²) in [5, 5.41) is 13.8. The SMILES string of the molecule is CC1(C)CCC(C)(C)c2cc3c(cc21)oc1c(Nc2ccc4c(oc5cc6c(cc54)C(C)(C)CCC6(C)C)c2-c2cc4ccccc4c4c2[B]c2cccc5c2C4c2c-5ccc4ccccc24)cccc13. The van der Waals surface area contributed by atoms with Crippen molar-refractivity contribution in [1.29, 1.82) is 0 Å². The number of para-hydroxylation sites is 1. The summed E-state index contributed by atoms with van der Waals surface area (Å²) >= 11 is 0. The highest BCUT2D eigenvalue weighted by Crippen LogP contribution is 2.55. The standard InChI is InChI=1S/C67H57BNO2/c1-64(2)27-29-66(5,6)49-34-54-44(32-47(49)64)42-20-14-22-53(62(42)70-54)69-52-26-25-43-45-33-48-50(67(7,8)30-28-65(48,3)4)35-55(45)71-63(43)58(52)46-31-37-16-10-12-18-39(37)59-60-56-38-17-11-9-15-36(38)23-24-41(56)40-19-13-21-51(57(40)60)68-61(46)59/h9-26,31-35,60,69H,27-30H2,1-8H3. The van der Waals surface area contributed by atoms with E-state index in [0.29, 0.717) is 0 Å². The second kappa shape index (κ2) is 13.9. The number of rotatable bonds is 3. The maximum atomic E-state index is 7.45. The van der Waals surface area contributed by atoms with Crippen molar-refractivity contribution in [3.63, 3.8) is 0 Å². The molecule has 0 amide bonds. The number of furan rings is 2. The Hall–Kier alpha value is -7.04. The van der Waals surface area contributed by atoms with E-state index in [-0.39, 0.29) is 27.6 Å². The number of benzene rings is 9. The molecule has 1 N–H and O–H groups in total. The van der Waals surface area contributed by atoms with Gasteiger partial charge in [-0.3, -0.25) is 0 Å². The molecule has 4 aliphatic rings. The molecule has 71 heavy (non-hydrogen) atoms. The summed E-state index contributed by atoms with van der Waals surface area (Å²) < 4.78 is 14.5. The highest BCUT2D eigenvalue weighted by atomic mass is 16.3. The summed E-state index contributed by atoms with van der Waals surface area (Å²) in [5.41, 5.74) is 23.2. The lowest BCUT2D eigenvalue weighted by Crippen LogP contribution is -2.40. The molecule has 0 saturated carbocycles.